The van der Waals surface area contributed by atoms with Crippen molar-refractivity contribution in [2.45, 2.75) is 25.5 Å². The molecule has 3 aromatic rings. The molecule has 3 rings (SSSR count). The van der Waals surface area contributed by atoms with Crippen LogP contribution in [0.25, 0.3) is 11.4 Å². The second kappa shape index (κ2) is 9.47. The van der Waals surface area contributed by atoms with Gasteiger partial charge >= 0.3 is 0 Å². The van der Waals surface area contributed by atoms with Gasteiger partial charge in [-0.3, -0.25) is 4.79 Å². The molecule has 1 heterocycles. The number of para-hydroxylation sites is 2. The van der Waals surface area contributed by atoms with E-state index in [0.29, 0.717) is 16.8 Å². The number of anilines is 1. The molecule has 0 unspecified atom stereocenters. The maximum Gasteiger partial charge on any atom is 0.234 e. The first kappa shape index (κ1) is 20.7. The molecule has 0 aliphatic rings. The molecule has 0 saturated carbocycles. The van der Waals surface area contributed by atoms with Crippen molar-refractivity contribution >= 4 is 23.4 Å². The average Bonchev–Trinajstić information content (AvgIpc) is 3.10. The van der Waals surface area contributed by atoms with Gasteiger partial charge < -0.3 is 19.7 Å². The first-order valence-electron chi connectivity index (χ1n) is 9.26. The molecule has 2 aromatic carbocycles. The van der Waals surface area contributed by atoms with Crippen LogP contribution in [0.5, 0.6) is 11.5 Å². The van der Waals surface area contributed by atoms with E-state index in [4.69, 9.17) is 4.74 Å². The zero-order valence-corrected chi connectivity index (χ0v) is 17.4. The van der Waals surface area contributed by atoms with Crippen LogP contribution in [0.2, 0.25) is 0 Å². The van der Waals surface area contributed by atoms with Crippen molar-refractivity contribution in [1.82, 2.24) is 14.8 Å². The number of rotatable bonds is 8. The highest BCUT2D eigenvalue weighted by molar-refractivity contribution is 7.99. The van der Waals surface area contributed by atoms with Crippen LogP contribution in [0.4, 0.5) is 5.69 Å². The number of carbonyl (C=O) groups excluding carboxylic acids is 1. The molecule has 0 aliphatic carbocycles. The van der Waals surface area contributed by atoms with Crippen molar-refractivity contribution in [3.05, 3.63) is 48.5 Å². The zero-order valence-electron chi connectivity index (χ0n) is 16.6. The Bertz CT molecular complexity index is 970. The second-order valence-electron chi connectivity index (χ2n) is 6.89. The standard InChI is InChI=1S/C21H24N4O3S/c1-14(2)12-25-20(15-8-10-16(28-3)11-9-15)23-24-21(25)29-13-19(27)22-17-6-4-5-7-18(17)26/h4-11,14,26H,12-13H2,1-3H3,(H,22,27). The van der Waals surface area contributed by atoms with Crippen LogP contribution in [0.3, 0.4) is 0 Å². The van der Waals surface area contributed by atoms with Crippen molar-refractivity contribution in [2.75, 3.05) is 18.2 Å². The van der Waals surface area contributed by atoms with E-state index in [0.717, 1.165) is 23.7 Å². The number of hydrogen-bond acceptors (Lipinski definition) is 6. The van der Waals surface area contributed by atoms with Gasteiger partial charge in [-0.05, 0) is 42.3 Å². The van der Waals surface area contributed by atoms with Crippen LogP contribution in [0.1, 0.15) is 13.8 Å². The van der Waals surface area contributed by atoms with Gasteiger partial charge in [-0.15, -0.1) is 10.2 Å². The fourth-order valence-corrected chi connectivity index (χ4v) is 3.52. The summed E-state index contributed by atoms with van der Waals surface area (Å²) in [6, 6.07) is 14.3. The summed E-state index contributed by atoms with van der Waals surface area (Å²) in [6.07, 6.45) is 0. The van der Waals surface area contributed by atoms with Crippen LogP contribution in [-0.2, 0) is 11.3 Å². The summed E-state index contributed by atoms with van der Waals surface area (Å²) in [5.74, 6) is 1.89. The van der Waals surface area contributed by atoms with Gasteiger partial charge in [0.2, 0.25) is 5.91 Å². The molecule has 29 heavy (non-hydrogen) atoms. The predicted molar refractivity (Wildman–Crippen MR) is 114 cm³/mol. The number of methoxy groups -OCH3 is 1. The Balaban J connectivity index is 1.75. The molecule has 0 atom stereocenters. The molecule has 8 heteroatoms. The lowest BCUT2D eigenvalue weighted by Crippen LogP contribution is -2.15. The van der Waals surface area contributed by atoms with Crippen LogP contribution >= 0.6 is 11.8 Å². The molecule has 0 spiro atoms. The normalized spacial score (nSPS) is 10.9. The Labute approximate surface area is 174 Å². The number of ether oxygens (including phenoxy) is 1. The molecule has 0 aliphatic heterocycles. The third kappa shape index (κ3) is 5.29. The van der Waals surface area contributed by atoms with Crippen LogP contribution in [0.15, 0.2) is 53.7 Å². The number of carbonyl (C=O) groups is 1. The molecular weight excluding hydrogens is 388 g/mol. The Hall–Kier alpha value is -3.00. The molecule has 152 valence electrons. The Morgan fingerprint density at radius 1 is 1.17 bits per heavy atom. The summed E-state index contributed by atoms with van der Waals surface area (Å²) in [6.45, 7) is 4.98. The second-order valence-corrected chi connectivity index (χ2v) is 7.84. The molecule has 7 nitrogen and oxygen atoms in total. The predicted octanol–water partition coefficient (Wildman–Crippen LogP) is 4.05. The van der Waals surface area contributed by atoms with Crippen LogP contribution < -0.4 is 10.1 Å². The topological polar surface area (TPSA) is 89.3 Å². The minimum atomic E-state index is -0.221. The van der Waals surface area contributed by atoms with E-state index in [-0.39, 0.29) is 17.4 Å². The first-order chi connectivity index (χ1) is 14.0. The van der Waals surface area contributed by atoms with Gasteiger partial charge in [0, 0.05) is 12.1 Å². The smallest absolute Gasteiger partial charge is 0.234 e. The number of hydrogen-bond donors (Lipinski definition) is 2. The van der Waals surface area contributed by atoms with Gasteiger partial charge in [-0.25, -0.2) is 0 Å². The maximum absolute atomic E-state index is 12.3. The minimum absolute atomic E-state index is 0.0376. The Morgan fingerprint density at radius 3 is 2.55 bits per heavy atom. The number of aromatic nitrogens is 3. The van der Waals surface area contributed by atoms with Gasteiger partial charge in [0.1, 0.15) is 11.5 Å². The lowest BCUT2D eigenvalue weighted by Gasteiger charge is -2.13. The number of amides is 1. The Kier molecular flexibility index (Phi) is 6.77. The third-order valence-electron chi connectivity index (χ3n) is 4.12. The quantitative estimate of drug-likeness (QED) is 0.429. The first-order valence-corrected chi connectivity index (χ1v) is 10.2. The number of thioether (sulfide) groups is 1. The van der Waals surface area contributed by atoms with E-state index in [9.17, 15) is 9.90 Å². The number of phenols is 1. The largest absolute Gasteiger partial charge is 0.506 e. The van der Waals surface area contributed by atoms with E-state index in [1.165, 1.54) is 17.8 Å². The van der Waals surface area contributed by atoms with Crippen LogP contribution in [-0.4, -0.2) is 38.6 Å². The highest BCUT2D eigenvalue weighted by atomic mass is 32.2. The monoisotopic (exact) mass is 412 g/mol. The fraction of sp³-hybridized carbons (Fsp3) is 0.286. The number of phenolic OH excluding ortho intramolecular Hbond substituents is 1. The summed E-state index contributed by atoms with van der Waals surface area (Å²) in [5, 5.41) is 21.8. The van der Waals surface area contributed by atoms with E-state index in [1.807, 2.05) is 28.8 Å². The number of nitrogens with one attached hydrogen (secondary N) is 1. The summed E-state index contributed by atoms with van der Waals surface area (Å²) in [4.78, 5) is 12.3. The fourth-order valence-electron chi connectivity index (χ4n) is 2.77. The summed E-state index contributed by atoms with van der Waals surface area (Å²) >= 11 is 1.32. The van der Waals surface area contributed by atoms with Gasteiger partial charge in [0.25, 0.3) is 0 Å². The zero-order chi connectivity index (χ0) is 20.8. The van der Waals surface area contributed by atoms with E-state index in [1.54, 1.807) is 25.3 Å². The lowest BCUT2D eigenvalue weighted by molar-refractivity contribution is -0.113. The van der Waals surface area contributed by atoms with Crippen molar-refractivity contribution < 1.29 is 14.6 Å². The van der Waals surface area contributed by atoms with Gasteiger partial charge in [0.05, 0.1) is 18.6 Å². The molecule has 0 bridgehead atoms. The molecule has 1 aromatic heterocycles. The molecular formula is C21H24N4O3S. The highest BCUT2D eigenvalue weighted by Crippen LogP contribution is 2.27. The number of aromatic hydroxyl groups is 1. The van der Waals surface area contributed by atoms with Crippen molar-refractivity contribution in [3.8, 4) is 22.9 Å². The van der Waals surface area contributed by atoms with Gasteiger partial charge in [-0.1, -0.05) is 37.7 Å². The summed E-state index contributed by atoms with van der Waals surface area (Å²) < 4.78 is 7.25. The van der Waals surface area contributed by atoms with E-state index < -0.39 is 0 Å². The Morgan fingerprint density at radius 2 is 1.90 bits per heavy atom. The van der Waals surface area contributed by atoms with Crippen molar-refractivity contribution in [3.63, 3.8) is 0 Å². The highest BCUT2D eigenvalue weighted by Gasteiger charge is 2.17. The molecule has 1 amide bonds. The maximum atomic E-state index is 12.3. The summed E-state index contributed by atoms with van der Waals surface area (Å²) in [5.41, 5.74) is 1.32. The van der Waals surface area contributed by atoms with Gasteiger partial charge in [0.15, 0.2) is 11.0 Å². The molecule has 0 radical (unpaired) electrons. The van der Waals surface area contributed by atoms with Crippen molar-refractivity contribution in [1.29, 1.82) is 0 Å². The van der Waals surface area contributed by atoms with Crippen molar-refractivity contribution in [2.24, 2.45) is 5.92 Å². The van der Waals surface area contributed by atoms with E-state index in [2.05, 4.69) is 29.4 Å². The SMILES string of the molecule is COc1ccc(-c2nnc(SCC(=O)Nc3ccccc3O)n2CC(C)C)cc1. The molecule has 0 fully saturated rings. The third-order valence-corrected chi connectivity index (χ3v) is 5.09. The molecule has 2 N–H and O–H groups in total. The number of benzene rings is 2. The number of nitrogens with zero attached hydrogens (tertiary/aromatic N) is 3. The minimum Gasteiger partial charge on any atom is -0.506 e. The average molecular weight is 413 g/mol. The van der Waals surface area contributed by atoms with E-state index >= 15 is 0 Å². The molecule has 0 saturated heterocycles. The van der Waals surface area contributed by atoms with Gasteiger partial charge in [-0.2, -0.15) is 0 Å². The van der Waals surface area contributed by atoms with Crippen LogP contribution in [0, 0.1) is 5.92 Å². The summed E-state index contributed by atoms with van der Waals surface area (Å²) in [7, 11) is 1.63. The lowest BCUT2D eigenvalue weighted by atomic mass is 10.2.